The SMILES string of the molecule is CC[C@H](C)/C=C(C)/C=C/C1=CC2=CC(=O)[C@]3(C)OC(=O)C(C(C)=O)C3C2=CO1. The topological polar surface area (TPSA) is 69.7 Å². The fourth-order valence-corrected chi connectivity index (χ4v) is 3.93. The summed E-state index contributed by atoms with van der Waals surface area (Å²) in [6.45, 7) is 9.25. The predicted molar refractivity (Wildman–Crippen MR) is 105 cm³/mol. The number of hydrogen-bond acceptors (Lipinski definition) is 5. The minimum absolute atomic E-state index is 0.309. The lowest BCUT2D eigenvalue weighted by Gasteiger charge is -2.35. The lowest BCUT2D eigenvalue weighted by atomic mass is 9.68. The molecule has 0 radical (unpaired) electrons. The van der Waals surface area contributed by atoms with Gasteiger partial charge in [-0.05, 0) is 50.5 Å². The summed E-state index contributed by atoms with van der Waals surface area (Å²) in [5, 5.41) is 0. The van der Waals surface area contributed by atoms with E-state index in [1.54, 1.807) is 13.0 Å². The van der Waals surface area contributed by atoms with Crippen LogP contribution in [-0.4, -0.2) is 23.1 Å². The summed E-state index contributed by atoms with van der Waals surface area (Å²) in [6, 6.07) is 0. The maximum atomic E-state index is 12.7. The zero-order valence-electron chi connectivity index (χ0n) is 16.9. The molecule has 2 heterocycles. The van der Waals surface area contributed by atoms with Crippen LogP contribution < -0.4 is 0 Å². The number of ketones is 2. The average Bonchev–Trinajstić information content (AvgIpc) is 2.92. The molecule has 148 valence electrons. The summed E-state index contributed by atoms with van der Waals surface area (Å²) in [4.78, 5) is 37.0. The molecule has 28 heavy (non-hydrogen) atoms. The largest absolute Gasteiger partial charge is 0.465 e. The van der Waals surface area contributed by atoms with Gasteiger partial charge in [-0.1, -0.05) is 38.0 Å². The minimum Gasteiger partial charge on any atom is -0.465 e. The van der Waals surface area contributed by atoms with E-state index in [0.29, 0.717) is 22.8 Å². The van der Waals surface area contributed by atoms with Crippen LogP contribution in [0.5, 0.6) is 0 Å². The third kappa shape index (κ3) is 3.41. The number of carbonyl (C=O) groups is 3. The molecule has 2 aliphatic heterocycles. The van der Waals surface area contributed by atoms with Gasteiger partial charge in [0, 0.05) is 5.57 Å². The van der Waals surface area contributed by atoms with Crippen molar-refractivity contribution in [1.82, 2.24) is 0 Å². The van der Waals surface area contributed by atoms with Crippen LogP contribution in [0.2, 0.25) is 0 Å². The van der Waals surface area contributed by atoms with E-state index in [1.807, 2.05) is 19.1 Å². The Bertz CT molecular complexity index is 883. The van der Waals surface area contributed by atoms with Crippen LogP contribution in [0.3, 0.4) is 0 Å². The molecule has 5 heteroatoms. The number of Topliss-reactive ketones (excluding diaryl/α,β-unsaturated/α-hetero) is 1. The van der Waals surface area contributed by atoms with E-state index in [-0.39, 0.29) is 11.6 Å². The lowest BCUT2D eigenvalue weighted by molar-refractivity contribution is -0.156. The molecular weight excluding hydrogens is 356 g/mol. The first-order valence-electron chi connectivity index (χ1n) is 9.62. The molecule has 1 aliphatic carbocycles. The van der Waals surface area contributed by atoms with Crippen molar-refractivity contribution in [3.05, 3.63) is 59.1 Å². The second kappa shape index (κ2) is 7.38. The third-order valence-electron chi connectivity index (χ3n) is 5.70. The van der Waals surface area contributed by atoms with Gasteiger partial charge in [0.05, 0.1) is 12.2 Å². The molecular formula is C23H26O5. The number of allylic oxidation sites excluding steroid dienone is 6. The molecule has 2 unspecified atom stereocenters. The third-order valence-corrected chi connectivity index (χ3v) is 5.70. The number of fused-ring (bicyclic) bond motifs is 3. The van der Waals surface area contributed by atoms with Gasteiger partial charge >= 0.3 is 5.97 Å². The van der Waals surface area contributed by atoms with Crippen LogP contribution in [-0.2, 0) is 23.9 Å². The lowest BCUT2D eigenvalue weighted by Crippen LogP contribution is -2.46. The molecule has 3 aliphatic rings. The van der Waals surface area contributed by atoms with E-state index in [9.17, 15) is 14.4 Å². The van der Waals surface area contributed by atoms with Crippen molar-refractivity contribution in [2.45, 2.75) is 46.6 Å². The number of rotatable bonds is 5. The van der Waals surface area contributed by atoms with Crippen molar-refractivity contribution in [3.63, 3.8) is 0 Å². The fourth-order valence-electron chi connectivity index (χ4n) is 3.93. The van der Waals surface area contributed by atoms with Gasteiger partial charge in [0.2, 0.25) is 0 Å². The second-order valence-electron chi connectivity index (χ2n) is 7.93. The Morgan fingerprint density at radius 1 is 1.29 bits per heavy atom. The summed E-state index contributed by atoms with van der Waals surface area (Å²) < 4.78 is 11.1. The minimum atomic E-state index is -1.36. The monoisotopic (exact) mass is 382 g/mol. The zero-order chi connectivity index (χ0) is 20.6. The molecule has 4 atom stereocenters. The molecule has 0 spiro atoms. The van der Waals surface area contributed by atoms with E-state index in [4.69, 9.17) is 9.47 Å². The normalized spacial score (nSPS) is 30.6. The van der Waals surface area contributed by atoms with Crippen LogP contribution >= 0.6 is 0 Å². The van der Waals surface area contributed by atoms with Crippen molar-refractivity contribution in [2.24, 2.45) is 17.8 Å². The Kier molecular flexibility index (Phi) is 5.28. The van der Waals surface area contributed by atoms with Gasteiger partial charge in [-0.25, -0.2) is 0 Å². The van der Waals surface area contributed by atoms with Crippen molar-refractivity contribution in [3.8, 4) is 0 Å². The van der Waals surface area contributed by atoms with Gasteiger partial charge in [0.1, 0.15) is 17.5 Å². The van der Waals surface area contributed by atoms with Gasteiger partial charge in [-0.2, -0.15) is 0 Å². The van der Waals surface area contributed by atoms with E-state index in [2.05, 4.69) is 19.9 Å². The predicted octanol–water partition coefficient (Wildman–Crippen LogP) is 3.98. The van der Waals surface area contributed by atoms with Gasteiger partial charge in [-0.3, -0.25) is 14.4 Å². The van der Waals surface area contributed by atoms with E-state index in [1.165, 1.54) is 19.3 Å². The van der Waals surface area contributed by atoms with E-state index < -0.39 is 23.4 Å². The van der Waals surface area contributed by atoms with Gasteiger partial charge in [0.25, 0.3) is 0 Å². The van der Waals surface area contributed by atoms with Crippen LogP contribution in [0.15, 0.2) is 59.1 Å². The highest BCUT2D eigenvalue weighted by Gasteiger charge is 2.61. The highest BCUT2D eigenvalue weighted by atomic mass is 16.6. The summed E-state index contributed by atoms with van der Waals surface area (Å²) in [6.07, 6.45) is 11.8. The highest BCUT2D eigenvalue weighted by molar-refractivity contribution is 6.09. The first-order valence-corrected chi connectivity index (χ1v) is 9.62. The summed E-state index contributed by atoms with van der Waals surface area (Å²) in [5.41, 5.74) is 1.08. The Labute approximate surface area is 165 Å². The van der Waals surface area contributed by atoms with Crippen LogP contribution in [0.4, 0.5) is 0 Å². The number of carbonyl (C=O) groups excluding carboxylic acids is 3. The van der Waals surface area contributed by atoms with Crippen molar-refractivity contribution in [2.75, 3.05) is 0 Å². The summed E-state index contributed by atoms with van der Waals surface area (Å²) in [5.74, 6) is -1.84. The van der Waals surface area contributed by atoms with Crippen molar-refractivity contribution < 1.29 is 23.9 Å². The molecule has 0 N–H and O–H groups in total. The second-order valence-corrected chi connectivity index (χ2v) is 7.93. The maximum Gasteiger partial charge on any atom is 0.318 e. The molecule has 0 saturated carbocycles. The maximum absolute atomic E-state index is 12.7. The highest BCUT2D eigenvalue weighted by Crippen LogP contribution is 2.49. The molecule has 0 bridgehead atoms. The first-order chi connectivity index (χ1) is 13.2. The molecule has 0 amide bonds. The Hall–Kier alpha value is -2.69. The zero-order valence-corrected chi connectivity index (χ0v) is 16.9. The molecule has 3 rings (SSSR count). The van der Waals surface area contributed by atoms with Crippen molar-refractivity contribution in [1.29, 1.82) is 0 Å². The van der Waals surface area contributed by atoms with E-state index in [0.717, 1.165) is 12.0 Å². The van der Waals surface area contributed by atoms with Crippen LogP contribution in [0, 0.1) is 17.8 Å². The Morgan fingerprint density at radius 2 is 2.00 bits per heavy atom. The molecule has 1 saturated heterocycles. The molecule has 0 aromatic rings. The molecule has 0 aromatic carbocycles. The van der Waals surface area contributed by atoms with Crippen LogP contribution in [0.1, 0.15) is 41.0 Å². The molecule has 1 fully saturated rings. The number of hydrogen-bond donors (Lipinski definition) is 0. The van der Waals surface area contributed by atoms with Gasteiger partial charge in [0.15, 0.2) is 11.4 Å². The van der Waals surface area contributed by atoms with Gasteiger partial charge < -0.3 is 9.47 Å². The quantitative estimate of drug-likeness (QED) is 0.409. The smallest absolute Gasteiger partial charge is 0.318 e. The standard InChI is InChI=1S/C23H26O5/c1-6-13(2)9-14(3)7-8-17-10-16-11-19(25)23(5)21(18(16)12-27-17)20(15(4)24)22(26)28-23/h7-13,20-21H,6H2,1-5H3/b8-7+,14-9+/t13-,20?,21?,23-/m0/s1. The summed E-state index contributed by atoms with van der Waals surface area (Å²) >= 11 is 0. The number of esters is 1. The summed E-state index contributed by atoms with van der Waals surface area (Å²) in [7, 11) is 0. The number of ether oxygens (including phenoxy) is 2. The molecule has 5 nitrogen and oxygen atoms in total. The van der Waals surface area contributed by atoms with Crippen LogP contribution in [0.25, 0.3) is 0 Å². The first kappa shape index (κ1) is 20.1. The van der Waals surface area contributed by atoms with Crippen molar-refractivity contribution >= 4 is 17.5 Å². The fraction of sp³-hybridized carbons (Fsp3) is 0.435. The Balaban J connectivity index is 1.91. The Morgan fingerprint density at radius 3 is 2.64 bits per heavy atom. The molecule has 0 aromatic heterocycles. The van der Waals surface area contributed by atoms with Gasteiger partial charge in [-0.15, -0.1) is 0 Å². The van der Waals surface area contributed by atoms with E-state index >= 15 is 0 Å². The average molecular weight is 382 g/mol.